The Morgan fingerprint density at radius 3 is 3.00 bits per heavy atom. The number of hydrogen-bond acceptors (Lipinski definition) is 7. The van der Waals surface area contributed by atoms with Gasteiger partial charge in [-0.2, -0.15) is 4.98 Å². The van der Waals surface area contributed by atoms with Gasteiger partial charge >= 0.3 is 0 Å². The van der Waals surface area contributed by atoms with Crippen LogP contribution in [-0.4, -0.2) is 25.9 Å². The second kappa shape index (κ2) is 7.14. The molecule has 0 amide bonds. The van der Waals surface area contributed by atoms with Gasteiger partial charge in [0.25, 0.3) is 0 Å². The summed E-state index contributed by atoms with van der Waals surface area (Å²) < 4.78 is 10.0. The summed E-state index contributed by atoms with van der Waals surface area (Å²) in [7, 11) is 0. The molecule has 0 aliphatic heterocycles. The highest BCUT2D eigenvalue weighted by Gasteiger charge is 2.39. The fraction of sp³-hybridized carbons (Fsp3) is 0.333. The number of aromatic nitrogens is 4. The van der Waals surface area contributed by atoms with Gasteiger partial charge in [0.2, 0.25) is 5.88 Å². The number of hydrogen-bond donors (Lipinski definition) is 1. The molecule has 1 fully saturated rings. The zero-order valence-corrected chi connectivity index (χ0v) is 14.7. The number of anilines is 1. The minimum Gasteiger partial charge on any atom is -0.477 e. The Kier molecular flexibility index (Phi) is 4.56. The van der Waals surface area contributed by atoms with Crippen molar-refractivity contribution in [2.45, 2.75) is 25.8 Å². The zero-order chi connectivity index (χ0) is 17.1. The normalized spacial score (nSPS) is 18.8. The zero-order valence-electron chi connectivity index (χ0n) is 13.9. The summed E-state index contributed by atoms with van der Waals surface area (Å²) in [6, 6.07) is 9.91. The molecule has 3 aromatic rings. The van der Waals surface area contributed by atoms with E-state index in [1.807, 2.05) is 37.4 Å². The first-order valence-electron chi connectivity index (χ1n) is 8.31. The molecule has 2 atom stereocenters. The van der Waals surface area contributed by atoms with Crippen molar-refractivity contribution in [1.82, 2.24) is 19.3 Å². The van der Waals surface area contributed by atoms with Crippen LogP contribution in [0.4, 0.5) is 5.82 Å². The number of ether oxygens (including phenoxy) is 1. The molecule has 25 heavy (non-hydrogen) atoms. The molecule has 3 aromatic heterocycles. The van der Waals surface area contributed by atoms with Crippen molar-refractivity contribution in [2.24, 2.45) is 5.92 Å². The third-order valence-corrected chi connectivity index (χ3v) is 4.93. The van der Waals surface area contributed by atoms with E-state index in [0.717, 1.165) is 22.8 Å². The molecule has 0 aromatic carbocycles. The summed E-state index contributed by atoms with van der Waals surface area (Å²) in [4.78, 5) is 14.4. The molecule has 6 nitrogen and oxygen atoms in total. The van der Waals surface area contributed by atoms with Gasteiger partial charge in [-0.1, -0.05) is 6.07 Å². The highest BCUT2D eigenvalue weighted by atomic mass is 32.1. The van der Waals surface area contributed by atoms with E-state index in [0.29, 0.717) is 36.7 Å². The van der Waals surface area contributed by atoms with Gasteiger partial charge in [0.15, 0.2) is 0 Å². The van der Waals surface area contributed by atoms with E-state index in [2.05, 4.69) is 30.7 Å². The maximum absolute atomic E-state index is 5.91. The van der Waals surface area contributed by atoms with Crippen LogP contribution in [0.5, 0.6) is 5.88 Å². The topological polar surface area (TPSA) is 72.8 Å². The van der Waals surface area contributed by atoms with Gasteiger partial charge in [-0.05, 0) is 43.1 Å². The van der Waals surface area contributed by atoms with Crippen molar-refractivity contribution in [2.75, 3.05) is 11.9 Å². The molecule has 1 aliphatic rings. The van der Waals surface area contributed by atoms with E-state index >= 15 is 0 Å². The van der Waals surface area contributed by atoms with Gasteiger partial charge in [0.1, 0.15) is 11.6 Å². The molecule has 7 heteroatoms. The first kappa shape index (κ1) is 16.0. The van der Waals surface area contributed by atoms with E-state index < -0.39 is 0 Å². The highest BCUT2D eigenvalue weighted by Crippen LogP contribution is 2.46. The Morgan fingerprint density at radius 1 is 1.24 bits per heavy atom. The van der Waals surface area contributed by atoms with E-state index in [-0.39, 0.29) is 0 Å². The van der Waals surface area contributed by atoms with Crippen LogP contribution in [0.15, 0.2) is 42.7 Å². The largest absolute Gasteiger partial charge is 0.477 e. The second-order valence-corrected chi connectivity index (χ2v) is 7.06. The van der Waals surface area contributed by atoms with Crippen molar-refractivity contribution in [3.63, 3.8) is 0 Å². The Labute approximate surface area is 150 Å². The number of nitrogens with one attached hydrogen (secondary N) is 1. The summed E-state index contributed by atoms with van der Waals surface area (Å²) in [5.74, 6) is 3.10. The number of pyridine rings is 1. The minimum atomic E-state index is 0.507. The van der Waals surface area contributed by atoms with Crippen molar-refractivity contribution in [1.29, 1.82) is 0 Å². The Bertz CT molecular complexity index is 825. The minimum absolute atomic E-state index is 0.507. The fourth-order valence-corrected chi connectivity index (χ4v) is 3.31. The van der Waals surface area contributed by atoms with Crippen molar-refractivity contribution in [3.05, 3.63) is 59.1 Å². The Hall–Kier alpha value is -2.54. The monoisotopic (exact) mass is 353 g/mol. The Morgan fingerprint density at radius 2 is 2.20 bits per heavy atom. The van der Waals surface area contributed by atoms with Gasteiger partial charge < -0.3 is 10.1 Å². The first-order chi connectivity index (χ1) is 12.3. The summed E-state index contributed by atoms with van der Waals surface area (Å²) >= 11 is 1.48. The molecule has 1 saturated carbocycles. The average molecular weight is 353 g/mol. The molecule has 2 unspecified atom stereocenters. The van der Waals surface area contributed by atoms with Crippen molar-refractivity contribution in [3.8, 4) is 5.88 Å². The van der Waals surface area contributed by atoms with Crippen molar-refractivity contribution < 1.29 is 4.74 Å². The van der Waals surface area contributed by atoms with Crippen LogP contribution < -0.4 is 10.1 Å². The molecule has 1 aliphatic carbocycles. The highest BCUT2D eigenvalue weighted by molar-refractivity contribution is 7.05. The quantitative estimate of drug-likeness (QED) is 0.701. The SMILES string of the molecule is Cc1nc(NCc2ccns2)cc(OCC2CC2c2ccccn2)n1. The third-order valence-electron chi connectivity index (χ3n) is 4.18. The van der Waals surface area contributed by atoms with Crippen LogP contribution >= 0.6 is 11.5 Å². The summed E-state index contributed by atoms with van der Waals surface area (Å²) in [6.07, 6.45) is 4.77. The standard InChI is InChI=1S/C18H19N5OS/c1-12-22-17(20-10-14-5-7-21-25-14)9-18(23-12)24-11-13-8-15(13)16-4-2-3-6-19-16/h2-7,9,13,15H,8,10-11H2,1H3,(H,20,22,23). The molecular weight excluding hydrogens is 334 g/mol. The fourth-order valence-electron chi connectivity index (χ4n) is 2.80. The first-order valence-corrected chi connectivity index (χ1v) is 9.08. The van der Waals surface area contributed by atoms with Gasteiger partial charge in [-0.3, -0.25) is 4.98 Å². The van der Waals surface area contributed by atoms with Gasteiger partial charge in [-0.15, -0.1) is 0 Å². The molecule has 0 radical (unpaired) electrons. The van der Waals surface area contributed by atoms with E-state index in [1.54, 1.807) is 6.20 Å². The maximum atomic E-state index is 5.91. The van der Waals surface area contributed by atoms with E-state index in [1.165, 1.54) is 11.5 Å². The van der Waals surface area contributed by atoms with E-state index in [9.17, 15) is 0 Å². The lowest BCUT2D eigenvalue weighted by Gasteiger charge is -2.09. The lowest BCUT2D eigenvalue weighted by atomic mass is 10.2. The number of aryl methyl sites for hydroxylation is 1. The van der Waals surface area contributed by atoms with Gasteiger partial charge in [0.05, 0.1) is 13.2 Å². The van der Waals surface area contributed by atoms with Gasteiger partial charge in [-0.25, -0.2) is 9.36 Å². The number of nitrogens with zero attached hydrogens (tertiary/aromatic N) is 4. The predicted octanol–water partition coefficient (Wildman–Crippen LogP) is 3.43. The maximum Gasteiger partial charge on any atom is 0.218 e. The van der Waals surface area contributed by atoms with Crippen LogP contribution in [0.2, 0.25) is 0 Å². The molecule has 3 heterocycles. The van der Waals surface area contributed by atoms with Crippen LogP contribution in [0, 0.1) is 12.8 Å². The molecule has 4 rings (SSSR count). The summed E-state index contributed by atoms with van der Waals surface area (Å²) in [5.41, 5.74) is 1.15. The molecule has 128 valence electrons. The summed E-state index contributed by atoms with van der Waals surface area (Å²) in [6.45, 7) is 3.23. The van der Waals surface area contributed by atoms with E-state index in [4.69, 9.17) is 4.74 Å². The molecule has 0 saturated heterocycles. The number of rotatable bonds is 7. The Balaban J connectivity index is 1.33. The molecular formula is C18H19N5OS. The van der Waals surface area contributed by atoms with Crippen LogP contribution in [0.3, 0.4) is 0 Å². The lowest BCUT2D eigenvalue weighted by Crippen LogP contribution is -2.06. The summed E-state index contributed by atoms with van der Waals surface area (Å²) in [5, 5.41) is 3.30. The predicted molar refractivity (Wildman–Crippen MR) is 96.8 cm³/mol. The van der Waals surface area contributed by atoms with Crippen LogP contribution in [-0.2, 0) is 6.54 Å². The smallest absolute Gasteiger partial charge is 0.218 e. The second-order valence-electron chi connectivity index (χ2n) is 6.14. The lowest BCUT2D eigenvalue weighted by molar-refractivity contribution is 0.284. The van der Waals surface area contributed by atoms with Crippen LogP contribution in [0.25, 0.3) is 0 Å². The van der Waals surface area contributed by atoms with Crippen molar-refractivity contribution >= 4 is 17.4 Å². The third kappa shape index (κ3) is 4.11. The molecule has 0 spiro atoms. The molecule has 1 N–H and O–H groups in total. The molecule has 0 bridgehead atoms. The van der Waals surface area contributed by atoms with Crippen LogP contribution in [0.1, 0.15) is 28.7 Å². The average Bonchev–Trinajstić information content (AvgIpc) is 3.22. The van der Waals surface area contributed by atoms with Gasteiger partial charge in [0, 0.05) is 40.9 Å².